The summed E-state index contributed by atoms with van der Waals surface area (Å²) in [7, 11) is 0. The standard InChI is InChI=1S/C26H26FN3O3/c1-4-15(2)21-14-20(29-24(16(21)3)17-5-8-19(27)9-6-17)11-12-28-25(31)18-7-10-23-22(13-18)30-26(32)33-23/h5-10,13-15H,4,11-12H2,1-3H3,(H,28,31)(H,30,32). The Hall–Kier alpha value is -3.74. The normalized spacial score (nSPS) is 12.1. The van der Waals surface area contributed by atoms with E-state index in [1.807, 2.05) is 0 Å². The lowest BCUT2D eigenvalue weighted by Crippen LogP contribution is -2.26. The number of carbonyl (C=O) groups is 1. The van der Waals surface area contributed by atoms with Crippen LogP contribution in [0, 0.1) is 12.7 Å². The molecule has 0 aliphatic rings. The molecular weight excluding hydrogens is 421 g/mol. The van der Waals surface area contributed by atoms with Gasteiger partial charge in [-0.3, -0.25) is 14.8 Å². The van der Waals surface area contributed by atoms with Gasteiger partial charge < -0.3 is 9.73 Å². The number of hydrogen-bond donors (Lipinski definition) is 2. The van der Waals surface area contributed by atoms with Gasteiger partial charge in [-0.15, -0.1) is 0 Å². The van der Waals surface area contributed by atoms with E-state index in [2.05, 4.69) is 37.1 Å². The first-order valence-electron chi connectivity index (χ1n) is 11.0. The smallest absolute Gasteiger partial charge is 0.408 e. The molecule has 0 spiro atoms. The number of nitrogens with zero attached hydrogens (tertiary/aromatic N) is 1. The predicted octanol–water partition coefficient (Wildman–Crippen LogP) is 5.12. The van der Waals surface area contributed by atoms with Crippen molar-refractivity contribution >= 4 is 17.0 Å². The van der Waals surface area contributed by atoms with Crippen LogP contribution >= 0.6 is 0 Å². The quantitative estimate of drug-likeness (QED) is 0.412. The molecule has 0 aliphatic carbocycles. The van der Waals surface area contributed by atoms with Gasteiger partial charge in [-0.2, -0.15) is 0 Å². The second-order valence-electron chi connectivity index (χ2n) is 8.22. The van der Waals surface area contributed by atoms with Gasteiger partial charge in [0.2, 0.25) is 0 Å². The first-order valence-corrected chi connectivity index (χ1v) is 11.0. The Morgan fingerprint density at radius 1 is 1.18 bits per heavy atom. The molecule has 0 aliphatic heterocycles. The summed E-state index contributed by atoms with van der Waals surface area (Å²) in [6, 6.07) is 13.3. The van der Waals surface area contributed by atoms with Crippen LogP contribution in [0.4, 0.5) is 4.39 Å². The average molecular weight is 448 g/mol. The minimum atomic E-state index is -0.554. The largest absolute Gasteiger partial charge is 0.417 e. The number of H-pyrrole nitrogens is 1. The van der Waals surface area contributed by atoms with E-state index in [9.17, 15) is 14.0 Å². The number of hydrogen-bond acceptors (Lipinski definition) is 4. The second-order valence-corrected chi connectivity index (χ2v) is 8.22. The molecular formula is C26H26FN3O3. The third-order valence-corrected chi connectivity index (χ3v) is 5.97. The number of amides is 1. The van der Waals surface area contributed by atoms with E-state index in [-0.39, 0.29) is 11.7 Å². The van der Waals surface area contributed by atoms with Crippen molar-refractivity contribution < 1.29 is 13.6 Å². The molecule has 1 amide bonds. The number of aromatic amines is 1. The molecule has 4 aromatic rings. The second kappa shape index (κ2) is 9.40. The zero-order chi connectivity index (χ0) is 23.5. The summed E-state index contributed by atoms with van der Waals surface area (Å²) < 4.78 is 18.4. The van der Waals surface area contributed by atoms with Crippen molar-refractivity contribution in [2.75, 3.05) is 6.54 Å². The number of nitrogens with one attached hydrogen (secondary N) is 2. The van der Waals surface area contributed by atoms with E-state index >= 15 is 0 Å². The molecule has 0 saturated heterocycles. The number of pyridine rings is 1. The maximum Gasteiger partial charge on any atom is 0.417 e. The van der Waals surface area contributed by atoms with Crippen LogP contribution in [-0.2, 0) is 6.42 Å². The number of fused-ring (bicyclic) bond motifs is 1. The van der Waals surface area contributed by atoms with Crippen molar-refractivity contribution in [3.05, 3.63) is 87.3 Å². The molecule has 33 heavy (non-hydrogen) atoms. The van der Waals surface area contributed by atoms with Crippen LogP contribution in [0.5, 0.6) is 0 Å². The summed E-state index contributed by atoms with van der Waals surface area (Å²) in [4.78, 5) is 31.3. The molecule has 1 unspecified atom stereocenters. The van der Waals surface area contributed by atoms with Gasteiger partial charge in [0.25, 0.3) is 5.91 Å². The lowest BCUT2D eigenvalue weighted by Gasteiger charge is -2.18. The summed E-state index contributed by atoms with van der Waals surface area (Å²) in [5.41, 5.74) is 6.19. The highest BCUT2D eigenvalue weighted by Crippen LogP contribution is 2.30. The highest BCUT2D eigenvalue weighted by molar-refractivity contribution is 5.97. The molecule has 2 aromatic heterocycles. The van der Waals surface area contributed by atoms with E-state index in [4.69, 9.17) is 9.40 Å². The lowest BCUT2D eigenvalue weighted by atomic mass is 9.91. The zero-order valence-electron chi connectivity index (χ0n) is 18.9. The predicted molar refractivity (Wildman–Crippen MR) is 126 cm³/mol. The van der Waals surface area contributed by atoms with E-state index < -0.39 is 5.76 Å². The van der Waals surface area contributed by atoms with Gasteiger partial charge in [0, 0.05) is 29.8 Å². The average Bonchev–Trinajstić information content (AvgIpc) is 3.19. The molecule has 170 valence electrons. The van der Waals surface area contributed by atoms with Gasteiger partial charge in [-0.1, -0.05) is 13.8 Å². The van der Waals surface area contributed by atoms with Gasteiger partial charge >= 0.3 is 5.76 Å². The fraction of sp³-hybridized carbons (Fsp3) is 0.269. The number of aromatic nitrogens is 2. The fourth-order valence-electron chi connectivity index (χ4n) is 3.93. The van der Waals surface area contributed by atoms with Gasteiger partial charge in [-0.25, -0.2) is 9.18 Å². The van der Waals surface area contributed by atoms with Crippen molar-refractivity contribution in [1.82, 2.24) is 15.3 Å². The van der Waals surface area contributed by atoms with Crippen LogP contribution in [0.15, 0.2) is 57.7 Å². The summed E-state index contributed by atoms with van der Waals surface area (Å²) in [5.74, 6) is -0.728. The van der Waals surface area contributed by atoms with Crippen molar-refractivity contribution in [2.45, 2.75) is 39.5 Å². The van der Waals surface area contributed by atoms with E-state index in [1.54, 1.807) is 30.3 Å². The fourth-order valence-corrected chi connectivity index (χ4v) is 3.93. The number of benzene rings is 2. The van der Waals surface area contributed by atoms with Crippen molar-refractivity contribution in [1.29, 1.82) is 0 Å². The maximum absolute atomic E-state index is 13.4. The van der Waals surface area contributed by atoms with E-state index in [1.165, 1.54) is 17.7 Å². The molecule has 0 radical (unpaired) electrons. The molecule has 0 fully saturated rings. The van der Waals surface area contributed by atoms with E-state index in [0.29, 0.717) is 35.5 Å². The third-order valence-electron chi connectivity index (χ3n) is 5.97. The molecule has 1 atom stereocenters. The summed E-state index contributed by atoms with van der Waals surface area (Å²) in [6.07, 6.45) is 1.54. The Morgan fingerprint density at radius 3 is 2.67 bits per heavy atom. The van der Waals surface area contributed by atoms with Gasteiger partial charge in [0.1, 0.15) is 5.82 Å². The van der Waals surface area contributed by atoms with Crippen molar-refractivity contribution in [3.8, 4) is 11.3 Å². The molecule has 2 heterocycles. The number of rotatable bonds is 7. The van der Waals surface area contributed by atoms with Crippen LogP contribution < -0.4 is 11.1 Å². The monoisotopic (exact) mass is 447 g/mol. The van der Waals surface area contributed by atoms with Crippen LogP contribution in [0.2, 0.25) is 0 Å². The molecule has 0 saturated carbocycles. The minimum Gasteiger partial charge on any atom is -0.408 e. The lowest BCUT2D eigenvalue weighted by molar-refractivity contribution is 0.0954. The minimum absolute atomic E-state index is 0.244. The Labute approximate surface area is 190 Å². The van der Waals surface area contributed by atoms with Crippen LogP contribution in [0.1, 0.15) is 53.4 Å². The first kappa shape index (κ1) is 22.5. The number of oxazole rings is 1. The molecule has 7 heteroatoms. The number of carbonyl (C=O) groups excluding carboxylic acids is 1. The SMILES string of the molecule is CCC(C)c1cc(CCNC(=O)c2ccc3oc(=O)[nH]c3c2)nc(-c2ccc(F)cc2)c1C. The third kappa shape index (κ3) is 4.87. The first-order chi connectivity index (χ1) is 15.9. The van der Waals surface area contributed by atoms with Gasteiger partial charge in [-0.05, 0) is 78.9 Å². The summed E-state index contributed by atoms with van der Waals surface area (Å²) in [6.45, 7) is 6.78. The molecule has 2 N–H and O–H groups in total. The highest BCUT2D eigenvalue weighted by Gasteiger charge is 2.15. The molecule has 6 nitrogen and oxygen atoms in total. The molecule has 2 aromatic carbocycles. The van der Waals surface area contributed by atoms with Crippen molar-refractivity contribution in [3.63, 3.8) is 0 Å². The van der Waals surface area contributed by atoms with Crippen LogP contribution in [-0.4, -0.2) is 22.4 Å². The summed E-state index contributed by atoms with van der Waals surface area (Å²) in [5, 5.41) is 2.91. The summed E-state index contributed by atoms with van der Waals surface area (Å²) >= 11 is 0. The van der Waals surface area contributed by atoms with Gasteiger partial charge in [0.05, 0.1) is 11.2 Å². The van der Waals surface area contributed by atoms with Crippen LogP contribution in [0.25, 0.3) is 22.4 Å². The van der Waals surface area contributed by atoms with E-state index in [0.717, 1.165) is 28.9 Å². The Bertz CT molecular complexity index is 1360. The Morgan fingerprint density at radius 2 is 1.94 bits per heavy atom. The topological polar surface area (TPSA) is 88.0 Å². The Balaban J connectivity index is 1.53. The zero-order valence-corrected chi connectivity index (χ0v) is 18.9. The van der Waals surface area contributed by atoms with Crippen LogP contribution in [0.3, 0.4) is 0 Å². The van der Waals surface area contributed by atoms with Crippen molar-refractivity contribution in [2.24, 2.45) is 0 Å². The number of halogens is 1. The Kier molecular flexibility index (Phi) is 6.40. The highest BCUT2D eigenvalue weighted by atomic mass is 19.1. The molecule has 0 bridgehead atoms. The maximum atomic E-state index is 13.4. The molecule has 4 rings (SSSR count). The van der Waals surface area contributed by atoms with Gasteiger partial charge in [0.15, 0.2) is 5.58 Å².